The summed E-state index contributed by atoms with van der Waals surface area (Å²) in [7, 11) is 0. The number of alkyl halides is 3. The average Bonchev–Trinajstić information content (AvgIpc) is 2.53. The van der Waals surface area contributed by atoms with Gasteiger partial charge in [0.2, 0.25) is 5.91 Å². The Bertz CT molecular complexity index is 602. The van der Waals surface area contributed by atoms with E-state index in [1.807, 2.05) is 0 Å². The van der Waals surface area contributed by atoms with Crippen LogP contribution in [0.4, 0.5) is 24.5 Å². The van der Waals surface area contributed by atoms with E-state index in [1.165, 1.54) is 29.2 Å². The molecule has 1 aromatic carbocycles. The second-order valence-electron chi connectivity index (χ2n) is 4.78. The van der Waals surface area contributed by atoms with E-state index >= 15 is 0 Å². The van der Waals surface area contributed by atoms with Crippen LogP contribution >= 0.6 is 0 Å². The molecular formula is C14H16F3N3O4. The number of nitro benzene ring substituents is 1. The van der Waals surface area contributed by atoms with Crippen LogP contribution in [0.2, 0.25) is 0 Å². The number of benzene rings is 1. The lowest BCUT2D eigenvalue weighted by atomic mass is 10.2. The first-order valence-electron chi connectivity index (χ1n) is 7.06. The Kier molecular flexibility index (Phi) is 6.69. The molecule has 1 rings (SSSR count). The number of nitrogens with zero attached hydrogens (tertiary/aromatic N) is 2. The van der Waals surface area contributed by atoms with E-state index in [-0.39, 0.29) is 37.5 Å². The van der Waals surface area contributed by atoms with Gasteiger partial charge in [0.05, 0.1) is 4.92 Å². The molecule has 24 heavy (non-hydrogen) atoms. The van der Waals surface area contributed by atoms with Gasteiger partial charge in [-0.3, -0.25) is 19.7 Å². The molecule has 0 radical (unpaired) electrons. The van der Waals surface area contributed by atoms with Crippen LogP contribution in [0.5, 0.6) is 0 Å². The Morgan fingerprint density at radius 3 is 2.29 bits per heavy atom. The molecule has 0 aliphatic carbocycles. The van der Waals surface area contributed by atoms with Gasteiger partial charge < -0.3 is 10.2 Å². The number of carbonyl (C=O) groups excluding carboxylic acids is 2. The van der Waals surface area contributed by atoms with E-state index in [9.17, 15) is 32.9 Å². The minimum Gasteiger partial charge on any atom is -0.348 e. The number of nitrogens with one attached hydrogen (secondary N) is 1. The molecule has 132 valence electrons. The molecule has 10 heteroatoms. The van der Waals surface area contributed by atoms with E-state index in [1.54, 1.807) is 12.2 Å². The number of rotatable bonds is 7. The lowest BCUT2D eigenvalue weighted by molar-refractivity contribution is -0.384. The van der Waals surface area contributed by atoms with Crippen LogP contribution in [-0.4, -0.2) is 36.0 Å². The Balaban J connectivity index is 2.68. The second kappa shape index (κ2) is 8.27. The van der Waals surface area contributed by atoms with Crippen LogP contribution in [0.15, 0.2) is 24.3 Å². The van der Waals surface area contributed by atoms with Crippen molar-refractivity contribution in [2.24, 2.45) is 0 Å². The van der Waals surface area contributed by atoms with E-state index in [0.29, 0.717) is 5.69 Å². The van der Waals surface area contributed by atoms with Crippen LogP contribution in [0.3, 0.4) is 0 Å². The molecule has 0 saturated heterocycles. The molecule has 7 nitrogen and oxygen atoms in total. The standard InChI is InChI=1S/C14H16F3N3O4/c1-2-12(21)19(9-3-8-18-13(22)14(15,16)17)10-4-6-11(7-5-10)20(23)24/h4-7H,2-3,8-9H2,1H3,(H,18,22). The molecule has 0 heterocycles. The van der Waals surface area contributed by atoms with Gasteiger partial charge in [-0.05, 0) is 18.6 Å². The van der Waals surface area contributed by atoms with Gasteiger partial charge in [0.25, 0.3) is 5.69 Å². The molecule has 0 fully saturated rings. The third-order valence-electron chi connectivity index (χ3n) is 3.08. The van der Waals surface area contributed by atoms with Gasteiger partial charge >= 0.3 is 12.1 Å². The maximum atomic E-state index is 12.1. The third kappa shape index (κ3) is 5.52. The maximum Gasteiger partial charge on any atom is 0.471 e. The van der Waals surface area contributed by atoms with Crippen molar-refractivity contribution in [3.05, 3.63) is 34.4 Å². The van der Waals surface area contributed by atoms with E-state index in [0.717, 1.165) is 0 Å². The Labute approximate surface area is 135 Å². The topological polar surface area (TPSA) is 92.6 Å². The molecule has 0 saturated carbocycles. The van der Waals surface area contributed by atoms with Gasteiger partial charge in [-0.2, -0.15) is 13.2 Å². The lowest BCUT2D eigenvalue weighted by Crippen LogP contribution is -2.39. The van der Waals surface area contributed by atoms with Crippen molar-refractivity contribution < 1.29 is 27.7 Å². The predicted octanol–water partition coefficient (Wildman–Crippen LogP) is 2.41. The van der Waals surface area contributed by atoms with Crippen molar-refractivity contribution in [2.45, 2.75) is 25.9 Å². The minimum atomic E-state index is -4.95. The number of anilines is 1. The summed E-state index contributed by atoms with van der Waals surface area (Å²) in [4.78, 5) is 34.0. The van der Waals surface area contributed by atoms with E-state index in [2.05, 4.69) is 0 Å². The molecule has 0 unspecified atom stereocenters. The first-order valence-corrected chi connectivity index (χ1v) is 7.06. The maximum absolute atomic E-state index is 12.1. The second-order valence-corrected chi connectivity index (χ2v) is 4.78. The summed E-state index contributed by atoms with van der Waals surface area (Å²) >= 11 is 0. The smallest absolute Gasteiger partial charge is 0.348 e. The zero-order chi connectivity index (χ0) is 18.3. The summed E-state index contributed by atoms with van der Waals surface area (Å²) < 4.78 is 36.2. The summed E-state index contributed by atoms with van der Waals surface area (Å²) in [6.07, 6.45) is -4.69. The van der Waals surface area contributed by atoms with E-state index in [4.69, 9.17) is 0 Å². The summed E-state index contributed by atoms with van der Waals surface area (Å²) in [6.45, 7) is 1.44. The van der Waals surface area contributed by atoms with Crippen LogP contribution < -0.4 is 10.2 Å². The van der Waals surface area contributed by atoms with Crippen molar-refractivity contribution in [3.63, 3.8) is 0 Å². The molecule has 0 bridgehead atoms. The SMILES string of the molecule is CCC(=O)N(CCCNC(=O)C(F)(F)F)c1ccc([N+](=O)[O-])cc1. The summed E-state index contributed by atoms with van der Waals surface area (Å²) in [6, 6.07) is 5.24. The Morgan fingerprint density at radius 2 is 1.83 bits per heavy atom. The summed E-state index contributed by atoms with van der Waals surface area (Å²) in [5.41, 5.74) is 0.259. The number of halogens is 3. The largest absolute Gasteiger partial charge is 0.471 e. The summed E-state index contributed by atoms with van der Waals surface area (Å²) in [5.74, 6) is -2.32. The fourth-order valence-electron chi connectivity index (χ4n) is 1.88. The highest BCUT2D eigenvalue weighted by Crippen LogP contribution is 2.20. The van der Waals surface area contributed by atoms with Crippen LogP contribution in [0, 0.1) is 10.1 Å². The number of nitro groups is 1. The molecule has 0 aliphatic rings. The van der Waals surface area contributed by atoms with Gasteiger partial charge in [-0.1, -0.05) is 6.92 Å². The quantitative estimate of drug-likeness (QED) is 0.466. The number of non-ortho nitro benzene ring substituents is 1. The molecule has 0 aromatic heterocycles. The van der Waals surface area contributed by atoms with Gasteiger partial charge in [0, 0.05) is 37.3 Å². The number of amides is 2. The van der Waals surface area contributed by atoms with Gasteiger partial charge in [0.1, 0.15) is 0 Å². The minimum absolute atomic E-state index is 0.0720. The van der Waals surface area contributed by atoms with Crippen LogP contribution in [0.1, 0.15) is 19.8 Å². The highest BCUT2D eigenvalue weighted by Gasteiger charge is 2.38. The first-order chi connectivity index (χ1) is 11.2. The fraction of sp³-hybridized carbons (Fsp3) is 0.429. The average molecular weight is 347 g/mol. The van der Waals surface area contributed by atoms with Crippen LogP contribution in [0.25, 0.3) is 0 Å². The highest BCUT2D eigenvalue weighted by atomic mass is 19.4. The van der Waals surface area contributed by atoms with Crippen molar-refractivity contribution in [2.75, 3.05) is 18.0 Å². The van der Waals surface area contributed by atoms with E-state index < -0.39 is 17.0 Å². The zero-order valence-electron chi connectivity index (χ0n) is 12.8. The third-order valence-corrected chi connectivity index (χ3v) is 3.08. The van der Waals surface area contributed by atoms with Gasteiger partial charge in [-0.15, -0.1) is 0 Å². The van der Waals surface area contributed by atoms with Gasteiger partial charge in [0.15, 0.2) is 0 Å². The van der Waals surface area contributed by atoms with Gasteiger partial charge in [-0.25, -0.2) is 0 Å². The van der Waals surface area contributed by atoms with Crippen molar-refractivity contribution in [3.8, 4) is 0 Å². The first kappa shape index (κ1) is 19.4. The molecular weight excluding hydrogens is 331 g/mol. The molecule has 1 aromatic rings. The molecule has 0 aliphatic heterocycles. The Morgan fingerprint density at radius 1 is 1.25 bits per heavy atom. The zero-order valence-corrected chi connectivity index (χ0v) is 12.8. The monoisotopic (exact) mass is 347 g/mol. The number of hydrogen-bond donors (Lipinski definition) is 1. The predicted molar refractivity (Wildman–Crippen MR) is 79.4 cm³/mol. The number of carbonyl (C=O) groups is 2. The summed E-state index contributed by atoms with van der Waals surface area (Å²) in [5, 5.41) is 12.3. The molecule has 2 amide bonds. The molecule has 0 spiro atoms. The van der Waals surface area contributed by atoms with Crippen LogP contribution in [-0.2, 0) is 9.59 Å². The number of hydrogen-bond acceptors (Lipinski definition) is 4. The van der Waals surface area contributed by atoms with Crippen molar-refractivity contribution in [1.29, 1.82) is 0 Å². The van der Waals surface area contributed by atoms with Crippen molar-refractivity contribution in [1.82, 2.24) is 5.32 Å². The van der Waals surface area contributed by atoms with Crippen molar-refractivity contribution >= 4 is 23.2 Å². The normalized spacial score (nSPS) is 11.0. The molecule has 0 atom stereocenters. The lowest BCUT2D eigenvalue weighted by Gasteiger charge is -2.22. The highest BCUT2D eigenvalue weighted by molar-refractivity contribution is 5.93. The molecule has 1 N–H and O–H groups in total. The fourth-order valence-corrected chi connectivity index (χ4v) is 1.88. The Hall–Kier alpha value is -2.65.